The SMILES string of the molecule is CCOC(C)(OC(C)=O)P(=O)(OCC)OCC. The Kier molecular flexibility index (Phi) is 6.94. The maximum atomic E-state index is 12.5. The second-order valence-electron chi connectivity index (χ2n) is 3.26. The van der Waals surface area contributed by atoms with Gasteiger partial charge in [0.2, 0.25) is 0 Å². The first-order chi connectivity index (χ1) is 7.85. The maximum absolute atomic E-state index is 12.5. The molecule has 1 unspecified atom stereocenters. The second-order valence-corrected chi connectivity index (χ2v) is 5.58. The lowest BCUT2D eigenvalue weighted by molar-refractivity contribution is -0.193. The average Bonchev–Trinajstić information content (AvgIpc) is 2.17. The molecule has 0 saturated carbocycles. The van der Waals surface area contributed by atoms with Gasteiger partial charge in [-0.05, 0) is 20.8 Å². The third-order valence-electron chi connectivity index (χ3n) is 1.84. The molecule has 0 saturated heterocycles. The molecule has 0 aliphatic carbocycles. The van der Waals surface area contributed by atoms with Crippen molar-refractivity contribution >= 4 is 13.6 Å². The van der Waals surface area contributed by atoms with Crippen molar-refractivity contribution in [1.82, 2.24) is 0 Å². The summed E-state index contributed by atoms with van der Waals surface area (Å²) in [5.41, 5.74) is -1.71. The van der Waals surface area contributed by atoms with Crippen LogP contribution in [0.4, 0.5) is 0 Å². The van der Waals surface area contributed by atoms with Gasteiger partial charge in [0.25, 0.3) is 0 Å². The summed E-state index contributed by atoms with van der Waals surface area (Å²) in [7, 11) is -3.68. The van der Waals surface area contributed by atoms with Crippen molar-refractivity contribution in [2.45, 2.75) is 40.1 Å². The third-order valence-corrected chi connectivity index (χ3v) is 4.25. The van der Waals surface area contributed by atoms with Crippen molar-refractivity contribution in [2.24, 2.45) is 0 Å². The van der Waals surface area contributed by atoms with Crippen LogP contribution in [-0.4, -0.2) is 31.3 Å². The highest BCUT2D eigenvalue weighted by atomic mass is 31.2. The molecule has 0 bridgehead atoms. The molecule has 17 heavy (non-hydrogen) atoms. The number of rotatable bonds is 8. The smallest absolute Gasteiger partial charge is 0.401 e. The molecule has 0 aliphatic rings. The summed E-state index contributed by atoms with van der Waals surface area (Å²) in [6, 6.07) is 0. The Morgan fingerprint density at radius 3 is 1.88 bits per heavy atom. The minimum absolute atomic E-state index is 0.168. The summed E-state index contributed by atoms with van der Waals surface area (Å²) in [6.07, 6.45) is 0. The highest BCUT2D eigenvalue weighted by Gasteiger charge is 2.52. The zero-order chi connectivity index (χ0) is 13.5. The highest BCUT2D eigenvalue weighted by molar-refractivity contribution is 7.55. The van der Waals surface area contributed by atoms with Gasteiger partial charge in [0, 0.05) is 20.5 Å². The van der Waals surface area contributed by atoms with Crippen molar-refractivity contribution < 1.29 is 27.9 Å². The Morgan fingerprint density at radius 1 is 1.12 bits per heavy atom. The van der Waals surface area contributed by atoms with E-state index in [-0.39, 0.29) is 19.8 Å². The van der Waals surface area contributed by atoms with Crippen LogP contribution < -0.4 is 0 Å². The zero-order valence-corrected chi connectivity index (χ0v) is 11.9. The Balaban J connectivity index is 5.19. The molecule has 0 aromatic carbocycles. The maximum Gasteiger partial charge on any atom is 0.401 e. The molecule has 0 heterocycles. The van der Waals surface area contributed by atoms with E-state index >= 15 is 0 Å². The molecule has 0 amide bonds. The van der Waals surface area contributed by atoms with Crippen molar-refractivity contribution in [3.63, 3.8) is 0 Å². The van der Waals surface area contributed by atoms with E-state index in [2.05, 4.69) is 0 Å². The van der Waals surface area contributed by atoms with Gasteiger partial charge in [-0.3, -0.25) is 9.36 Å². The molecule has 0 N–H and O–H groups in total. The fourth-order valence-corrected chi connectivity index (χ4v) is 3.06. The fourth-order valence-electron chi connectivity index (χ4n) is 1.31. The molecule has 0 aliphatic heterocycles. The van der Waals surface area contributed by atoms with Gasteiger partial charge in [-0.1, -0.05) is 0 Å². The molecule has 0 radical (unpaired) electrons. The van der Waals surface area contributed by atoms with Crippen molar-refractivity contribution in [2.75, 3.05) is 19.8 Å². The summed E-state index contributed by atoms with van der Waals surface area (Å²) in [6.45, 7) is 8.18. The molecular weight excluding hydrogens is 247 g/mol. The Morgan fingerprint density at radius 2 is 1.59 bits per heavy atom. The molecule has 0 fully saturated rings. The lowest BCUT2D eigenvalue weighted by Gasteiger charge is -2.34. The summed E-state index contributed by atoms with van der Waals surface area (Å²) < 4.78 is 33.0. The summed E-state index contributed by atoms with van der Waals surface area (Å²) in [5.74, 6) is -0.611. The molecule has 1 atom stereocenters. The number of carbonyl (C=O) groups is 1. The van der Waals surface area contributed by atoms with Gasteiger partial charge in [0.15, 0.2) is 0 Å². The molecule has 6 nitrogen and oxygen atoms in total. The minimum Gasteiger partial charge on any atom is -0.421 e. The van der Waals surface area contributed by atoms with E-state index in [1.807, 2.05) is 0 Å². The topological polar surface area (TPSA) is 71.1 Å². The standard InChI is InChI=1S/C10H21O6P/c1-6-13-10(5,16-9(4)11)17(12,14-7-2)15-8-3/h6-8H2,1-5H3. The van der Waals surface area contributed by atoms with Crippen molar-refractivity contribution in [3.05, 3.63) is 0 Å². The number of ether oxygens (including phenoxy) is 2. The van der Waals surface area contributed by atoms with Crippen LogP contribution in [0.3, 0.4) is 0 Å². The highest BCUT2D eigenvalue weighted by Crippen LogP contribution is 2.60. The van der Waals surface area contributed by atoms with E-state index in [4.69, 9.17) is 18.5 Å². The first kappa shape index (κ1) is 16.6. The van der Waals surface area contributed by atoms with Gasteiger partial charge < -0.3 is 18.5 Å². The largest absolute Gasteiger partial charge is 0.421 e. The minimum atomic E-state index is -3.68. The van der Waals surface area contributed by atoms with Crippen LogP contribution in [-0.2, 0) is 27.9 Å². The van der Waals surface area contributed by atoms with E-state index in [0.29, 0.717) is 0 Å². The van der Waals surface area contributed by atoms with Crippen LogP contribution in [0.2, 0.25) is 0 Å². The summed E-state index contributed by atoms with van der Waals surface area (Å²) in [5, 5.41) is 0. The normalized spacial score (nSPS) is 15.4. The summed E-state index contributed by atoms with van der Waals surface area (Å²) in [4.78, 5) is 11.1. The van der Waals surface area contributed by atoms with E-state index in [1.165, 1.54) is 13.8 Å². The Hall–Kier alpha value is -0.420. The second kappa shape index (κ2) is 7.11. The van der Waals surface area contributed by atoms with Gasteiger partial charge in [0.05, 0.1) is 13.2 Å². The van der Waals surface area contributed by atoms with Crippen LogP contribution in [0.1, 0.15) is 34.6 Å². The Labute approximate surface area is 102 Å². The van der Waals surface area contributed by atoms with Crippen LogP contribution in [0.5, 0.6) is 0 Å². The van der Waals surface area contributed by atoms with E-state index in [0.717, 1.165) is 0 Å². The molecule has 0 spiro atoms. The van der Waals surface area contributed by atoms with Crippen LogP contribution in [0.15, 0.2) is 0 Å². The van der Waals surface area contributed by atoms with E-state index in [9.17, 15) is 9.36 Å². The van der Waals surface area contributed by atoms with Crippen molar-refractivity contribution in [3.8, 4) is 0 Å². The van der Waals surface area contributed by atoms with E-state index < -0.39 is 19.1 Å². The van der Waals surface area contributed by atoms with Gasteiger partial charge in [-0.25, -0.2) is 0 Å². The number of hydrogen-bond donors (Lipinski definition) is 0. The van der Waals surface area contributed by atoms with Crippen molar-refractivity contribution in [1.29, 1.82) is 0 Å². The lowest BCUT2D eigenvalue weighted by Crippen LogP contribution is -2.36. The van der Waals surface area contributed by atoms with Crippen LogP contribution >= 0.6 is 7.60 Å². The monoisotopic (exact) mass is 268 g/mol. The fraction of sp³-hybridized carbons (Fsp3) is 0.900. The Bertz CT molecular complexity index is 283. The molecule has 7 heteroatoms. The average molecular weight is 268 g/mol. The van der Waals surface area contributed by atoms with Gasteiger partial charge in [-0.15, -0.1) is 0 Å². The molecule has 0 aromatic rings. The van der Waals surface area contributed by atoms with Gasteiger partial charge >= 0.3 is 19.1 Å². The first-order valence-electron chi connectivity index (χ1n) is 5.58. The molecule has 0 rings (SSSR count). The van der Waals surface area contributed by atoms with E-state index in [1.54, 1.807) is 20.8 Å². The zero-order valence-electron chi connectivity index (χ0n) is 11.0. The van der Waals surface area contributed by atoms with Gasteiger partial charge in [0.1, 0.15) is 0 Å². The number of hydrogen-bond acceptors (Lipinski definition) is 6. The predicted molar refractivity (Wildman–Crippen MR) is 62.7 cm³/mol. The molecule has 102 valence electrons. The van der Waals surface area contributed by atoms with Crippen LogP contribution in [0, 0.1) is 0 Å². The summed E-state index contributed by atoms with van der Waals surface area (Å²) >= 11 is 0. The molecular formula is C10H21O6P. The van der Waals surface area contributed by atoms with Gasteiger partial charge in [-0.2, -0.15) is 0 Å². The number of carbonyl (C=O) groups excluding carboxylic acids is 1. The number of esters is 1. The van der Waals surface area contributed by atoms with Crippen LogP contribution in [0.25, 0.3) is 0 Å². The lowest BCUT2D eigenvalue weighted by atomic mass is 10.7. The predicted octanol–water partition coefficient (Wildman–Crippen LogP) is 2.53. The quantitative estimate of drug-likeness (QED) is 0.382. The molecule has 0 aromatic heterocycles. The first-order valence-corrected chi connectivity index (χ1v) is 7.12. The third kappa shape index (κ3) is 4.39.